The first-order valence-corrected chi connectivity index (χ1v) is 15.7. The van der Waals surface area contributed by atoms with Crippen molar-refractivity contribution in [2.24, 2.45) is 5.92 Å². The second-order valence-electron chi connectivity index (χ2n) is 12.3. The number of nitrogens with zero attached hydrogens (tertiary/aromatic N) is 1. The normalized spacial score (nSPS) is 13.5. The van der Waals surface area contributed by atoms with Crippen LogP contribution in [0.4, 0.5) is 10.5 Å². The molecule has 3 amide bonds. The third-order valence-electron chi connectivity index (χ3n) is 7.53. The highest BCUT2D eigenvalue weighted by atomic mass is 35.5. The highest BCUT2D eigenvalue weighted by Gasteiger charge is 2.39. The number of halogens is 1. The van der Waals surface area contributed by atoms with E-state index in [4.69, 9.17) is 16.3 Å². The molecule has 0 aromatic heterocycles. The van der Waals surface area contributed by atoms with Crippen molar-refractivity contribution in [2.75, 3.05) is 11.9 Å². The van der Waals surface area contributed by atoms with Gasteiger partial charge in [0, 0.05) is 12.1 Å². The number of carbonyl (C=O) groups excluding carboxylic acids is 3. The molecule has 3 unspecified atom stereocenters. The van der Waals surface area contributed by atoms with Gasteiger partial charge in [-0.1, -0.05) is 94.8 Å². The molecule has 3 atom stereocenters. The van der Waals surface area contributed by atoms with E-state index >= 15 is 0 Å². The molecule has 0 saturated carbocycles. The number of rotatable bonds is 14. The van der Waals surface area contributed by atoms with E-state index in [0.29, 0.717) is 34.7 Å². The number of nitrogens with one attached hydrogen (secondary N) is 2. The number of hydrogen-bond donors (Lipinski definition) is 3. The monoisotopic (exact) mass is 615 g/mol. The molecule has 0 spiro atoms. The number of ether oxygens (including phenoxy) is 1. The Morgan fingerprint density at radius 1 is 0.977 bits per heavy atom. The number of anilines is 1. The van der Waals surface area contributed by atoms with Crippen LogP contribution in [0.25, 0.3) is 0 Å². The largest absolute Gasteiger partial charge is 0.507 e. The van der Waals surface area contributed by atoms with Crippen molar-refractivity contribution in [3.63, 3.8) is 0 Å². The van der Waals surface area contributed by atoms with Crippen LogP contribution in [0.1, 0.15) is 103 Å². The van der Waals surface area contributed by atoms with Crippen molar-refractivity contribution in [1.82, 2.24) is 10.2 Å². The zero-order valence-electron chi connectivity index (χ0n) is 27.1. The highest BCUT2D eigenvalue weighted by molar-refractivity contribution is 6.34. The molecule has 2 aromatic carbocycles. The Kier molecular flexibility index (Phi) is 13.8. The number of alkyl carbamates (subject to hydrolysis) is 1. The van der Waals surface area contributed by atoms with E-state index in [-0.39, 0.29) is 18.2 Å². The standard InChI is InChI=1S/C34H50ClN3O5/c1-9-11-12-13-14-21-38(32(41)28(22(3)10-2)37-33(42)43-34(6,7)8)29(25-19-15-18-24(5)30(25)39)31(40)36-27-23(4)17-16-20-26(27)35/h15-20,22,28-29,39H,9-14,21H2,1-8H3,(H,36,40)(H,37,42). The van der Waals surface area contributed by atoms with Crippen molar-refractivity contribution in [2.45, 2.75) is 112 Å². The number of hydrogen-bond acceptors (Lipinski definition) is 5. The van der Waals surface area contributed by atoms with Crippen LogP contribution in [0.3, 0.4) is 0 Å². The molecular weight excluding hydrogens is 566 g/mol. The zero-order chi connectivity index (χ0) is 32.3. The van der Waals surface area contributed by atoms with Crippen LogP contribution >= 0.6 is 11.6 Å². The van der Waals surface area contributed by atoms with Crippen LogP contribution in [0.15, 0.2) is 36.4 Å². The summed E-state index contributed by atoms with van der Waals surface area (Å²) in [5.41, 5.74) is 1.31. The van der Waals surface area contributed by atoms with Crippen molar-refractivity contribution in [3.05, 3.63) is 58.1 Å². The van der Waals surface area contributed by atoms with Crippen LogP contribution < -0.4 is 10.6 Å². The third kappa shape index (κ3) is 10.4. The first-order chi connectivity index (χ1) is 20.2. The van der Waals surface area contributed by atoms with Gasteiger partial charge in [0.2, 0.25) is 5.91 Å². The molecule has 8 nitrogen and oxygen atoms in total. The zero-order valence-corrected chi connectivity index (χ0v) is 27.8. The quantitative estimate of drug-likeness (QED) is 0.186. The van der Waals surface area contributed by atoms with Crippen LogP contribution in [0.5, 0.6) is 5.75 Å². The molecule has 0 aliphatic heterocycles. The van der Waals surface area contributed by atoms with Gasteiger partial charge >= 0.3 is 6.09 Å². The Morgan fingerprint density at radius 2 is 1.60 bits per heavy atom. The Balaban J connectivity index is 2.65. The Morgan fingerprint density at radius 3 is 2.21 bits per heavy atom. The predicted molar refractivity (Wildman–Crippen MR) is 173 cm³/mol. The maximum Gasteiger partial charge on any atom is 0.408 e. The number of phenols is 1. The smallest absolute Gasteiger partial charge is 0.408 e. The number of aromatic hydroxyl groups is 1. The van der Waals surface area contributed by atoms with E-state index < -0.39 is 35.6 Å². The number of phenolic OH excluding ortho intramolecular Hbond substituents is 1. The minimum absolute atomic E-state index is 0.0671. The molecule has 0 heterocycles. The van der Waals surface area contributed by atoms with Gasteiger partial charge in [0.25, 0.3) is 5.91 Å². The van der Waals surface area contributed by atoms with E-state index in [1.807, 2.05) is 26.8 Å². The molecule has 43 heavy (non-hydrogen) atoms. The highest BCUT2D eigenvalue weighted by Crippen LogP contribution is 2.35. The minimum Gasteiger partial charge on any atom is -0.507 e. The maximum absolute atomic E-state index is 14.5. The van der Waals surface area contributed by atoms with Gasteiger partial charge in [-0.15, -0.1) is 0 Å². The first kappa shape index (κ1) is 35.9. The molecule has 238 valence electrons. The Hall–Kier alpha value is -3.26. The first-order valence-electron chi connectivity index (χ1n) is 15.4. The number of benzene rings is 2. The lowest BCUT2D eigenvalue weighted by Gasteiger charge is -2.36. The molecule has 2 rings (SSSR count). The van der Waals surface area contributed by atoms with Gasteiger partial charge in [-0.2, -0.15) is 0 Å². The second kappa shape index (κ2) is 16.6. The van der Waals surface area contributed by atoms with E-state index in [2.05, 4.69) is 17.6 Å². The van der Waals surface area contributed by atoms with Gasteiger partial charge in [0.05, 0.1) is 10.7 Å². The van der Waals surface area contributed by atoms with Crippen LogP contribution in [-0.2, 0) is 14.3 Å². The van der Waals surface area contributed by atoms with Crippen LogP contribution in [0.2, 0.25) is 5.02 Å². The van der Waals surface area contributed by atoms with Crippen LogP contribution in [0, 0.1) is 19.8 Å². The average molecular weight is 616 g/mol. The number of para-hydroxylation sites is 2. The van der Waals surface area contributed by atoms with Gasteiger partial charge in [-0.25, -0.2) is 4.79 Å². The average Bonchev–Trinajstić information content (AvgIpc) is 2.93. The molecular formula is C34H50ClN3O5. The molecule has 0 bridgehead atoms. The van der Waals surface area contributed by atoms with E-state index in [9.17, 15) is 19.5 Å². The summed E-state index contributed by atoms with van der Waals surface area (Å²) < 4.78 is 5.50. The van der Waals surface area contributed by atoms with Crippen molar-refractivity contribution < 1.29 is 24.2 Å². The van der Waals surface area contributed by atoms with Crippen LogP contribution in [-0.4, -0.2) is 46.1 Å². The molecule has 3 N–H and O–H groups in total. The summed E-state index contributed by atoms with van der Waals surface area (Å²) in [6.45, 7) is 15.0. The lowest BCUT2D eigenvalue weighted by molar-refractivity contribution is -0.142. The van der Waals surface area contributed by atoms with Gasteiger partial charge in [0.1, 0.15) is 23.4 Å². The molecule has 0 saturated heterocycles. The van der Waals surface area contributed by atoms with Gasteiger partial charge in [-0.3, -0.25) is 9.59 Å². The molecule has 9 heteroatoms. The van der Waals surface area contributed by atoms with Crippen molar-refractivity contribution in [3.8, 4) is 5.75 Å². The second-order valence-corrected chi connectivity index (χ2v) is 12.7. The fourth-order valence-corrected chi connectivity index (χ4v) is 5.15. The fraction of sp³-hybridized carbons (Fsp3) is 0.559. The van der Waals surface area contributed by atoms with E-state index in [1.165, 1.54) is 4.90 Å². The van der Waals surface area contributed by atoms with Crippen molar-refractivity contribution >= 4 is 35.2 Å². The molecule has 0 radical (unpaired) electrons. The number of unbranched alkanes of at least 4 members (excludes halogenated alkanes) is 4. The third-order valence-corrected chi connectivity index (χ3v) is 7.85. The summed E-state index contributed by atoms with van der Waals surface area (Å²) in [4.78, 5) is 43.2. The lowest BCUT2D eigenvalue weighted by atomic mass is 9.94. The van der Waals surface area contributed by atoms with Crippen molar-refractivity contribution in [1.29, 1.82) is 0 Å². The lowest BCUT2D eigenvalue weighted by Crippen LogP contribution is -2.55. The summed E-state index contributed by atoms with van der Waals surface area (Å²) in [6, 6.07) is 8.31. The van der Waals surface area contributed by atoms with Gasteiger partial charge < -0.3 is 25.4 Å². The summed E-state index contributed by atoms with van der Waals surface area (Å²) in [5.74, 6) is -1.27. The topological polar surface area (TPSA) is 108 Å². The molecule has 0 aliphatic carbocycles. The Bertz CT molecular complexity index is 1220. The number of carbonyl (C=O) groups is 3. The predicted octanol–water partition coefficient (Wildman–Crippen LogP) is 8.08. The summed E-state index contributed by atoms with van der Waals surface area (Å²) in [5, 5.41) is 17.3. The summed E-state index contributed by atoms with van der Waals surface area (Å²) >= 11 is 6.47. The van der Waals surface area contributed by atoms with E-state index in [0.717, 1.165) is 31.2 Å². The number of aryl methyl sites for hydroxylation is 2. The SMILES string of the molecule is CCCCCCCN(C(=O)C(NC(=O)OC(C)(C)C)C(C)CC)C(C(=O)Nc1c(C)cccc1Cl)c1cccc(C)c1O. The number of amides is 3. The maximum atomic E-state index is 14.5. The summed E-state index contributed by atoms with van der Waals surface area (Å²) in [7, 11) is 0. The van der Waals surface area contributed by atoms with Gasteiger partial charge in [0.15, 0.2) is 0 Å². The summed E-state index contributed by atoms with van der Waals surface area (Å²) in [6.07, 6.45) is 4.53. The van der Waals surface area contributed by atoms with E-state index in [1.54, 1.807) is 58.0 Å². The molecule has 2 aromatic rings. The Labute approximate surface area is 262 Å². The molecule has 0 fully saturated rings. The molecule has 0 aliphatic rings. The minimum atomic E-state index is -1.19. The fourth-order valence-electron chi connectivity index (χ4n) is 4.88. The van der Waals surface area contributed by atoms with Gasteiger partial charge in [-0.05, 0) is 64.2 Å².